The Kier molecular flexibility index (Phi) is 9.16. The number of piperidine rings is 1. The van der Waals surface area contributed by atoms with Crippen LogP contribution in [0.25, 0.3) is 0 Å². The van der Waals surface area contributed by atoms with Gasteiger partial charge in [-0.1, -0.05) is 0 Å². The van der Waals surface area contributed by atoms with E-state index in [4.69, 9.17) is 15.2 Å². The quantitative estimate of drug-likeness (QED) is 0.686. The molecule has 2 rings (SSSR count). The fourth-order valence-electron chi connectivity index (χ4n) is 2.86. The molecule has 1 unspecified atom stereocenters. The van der Waals surface area contributed by atoms with E-state index in [0.29, 0.717) is 49.5 Å². The van der Waals surface area contributed by atoms with Crippen LogP contribution in [0.2, 0.25) is 0 Å². The Morgan fingerprint density at radius 1 is 1.20 bits per heavy atom. The van der Waals surface area contributed by atoms with Crippen molar-refractivity contribution in [2.45, 2.75) is 37.6 Å². The molecule has 8 heteroatoms. The highest BCUT2D eigenvalue weighted by atomic mass is 35.5. The summed E-state index contributed by atoms with van der Waals surface area (Å²) in [5.74, 6) is 1.04. The van der Waals surface area contributed by atoms with Crippen LogP contribution in [0, 0.1) is 5.92 Å². The summed E-state index contributed by atoms with van der Waals surface area (Å²) in [5.41, 5.74) is 5.92. The van der Waals surface area contributed by atoms with E-state index in [9.17, 15) is 8.42 Å². The number of nitrogens with two attached hydrogens (primary N) is 1. The monoisotopic (exact) mass is 392 g/mol. The Bertz CT molecular complexity index is 600. The zero-order chi connectivity index (χ0) is 17.6. The first-order valence-corrected chi connectivity index (χ1v) is 9.95. The summed E-state index contributed by atoms with van der Waals surface area (Å²) in [6, 6.07) is 6.69. The summed E-state index contributed by atoms with van der Waals surface area (Å²) in [4.78, 5) is 0.305. The number of rotatable bonds is 8. The third kappa shape index (κ3) is 6.11. The van der Waals surface area contributed by atoms with E-state index < -0.39 is 10.0 Å². The molecular formula is C17H29ClN2O4S. The number of hydrogen-bond acceptors (Lipinski definition) is 5. The summed E-state index contributed by atoms with van der Waals surface area (Å²) in [6.07, 6.45) is 1.63. The Morgan fingerprint density at radius 3 is 2.32 bits per heavy atom. The summed E-state index contributed by atoms with van der Waals surface area (Å²) in [6.45, 7) is 6.59. The fourth-order valence-corrected chi connectivity index (χ4v) is 4.33. The summed E-state index contributed by atoms with van der Waals surface area (Å²) in [5, 5.41) is 0. The molecule has 1 aromatic rings. The molecule has 0 aliphatic carbocycles. The minimum atomic E-state index is -3.44. The lowest BCUT2D eigenvalue weighted by Gasteiger charge is -2.32. The molecule has 1 aliphatic heterocycles. The van der Waals surface area contributed by atoms with Crippen LogP contribution in [0.4, 0.5) is 0 Å². The van der Waals surface area contributed by atoms with E-state index in [0.717, 1.165) is 12.8 Å². The van der Waals surface area contributed by atoms with Crippen LogP contribution in [0.5, 0.6) is 5.75 Å². The van der Waals surface area contributed by atoms with Gasteiger partial charge in [-0.05, 0) is 56.9 Å². The SMILES string of the molecule is CCOCCOc1ccc(S(=O)(=O)N2CCC(C(C)N)CC2)cc1.Cl. The molecule has 0 spiro atoms. The Balaban J connectivity index is 0.00000312. The lowest BCUT2D eigenvalue weighted by Crippen LogP contribution is -2.42. The van der Waals surface area contributed by atoms with Gasteiger partial charge >= 0.3 is 0 Å². The van der Waals surface area contributed by atoms with Crippen molar-refractivity contribution in [3.8, 4) is 5.75 Å². The van der Waals surface area contributed by atoms with Gasteiger partial charge in [-0.2, -0.15) is 4.31 Å². The molecule has 0 aromatic heterocycles. The number of ether oxygens (including phenoxy) is 2. The first-order valence-electron chi connectivity index (χ1n) is 8.51. The van der Waals surface area contributed by atoms with E-state index in [1.165, 1.54) is 0 Å². The first kappa shape index (κ1) is 22.2. The maximum atomic E-state index is 12.7. The van der Waals surface area contributed by atoms with Gasteiger partial charge in [0.25, 0.3) is 0 Å². The molecule has 144 valence electrons. The Hall–Kier alpha value is -0.860. The van der Waals surface area contributed by atoms with Gasteiger partial charge in [-0.15, -0.1) is 12.4 Å². The highest BCUT2D eigenvalue weighted by Gasteiger charge is 2.30. The molecule has 1 aliphatic rings. The van der Waals surface area contributed by atoms with Crippen LogP contribution < -0.4 is 10.5 Å². The third-order valence-electron chi connectivity index (χ3n) is 4.40. The molecule has 2 N–H and O–H groups in total. The van der Waals surface area contributed by atoms with Crippen molar-refractivity contribution >= 4 is 22.4 Å². The maximum absolute atomic E-state index is 12.7. The molecule has 1 fully saturated rings. The average molecular weight is 393 g/mol. The van der Waals surface area contributed by atoms with Gasteiger partial charge in [0.1, 0.15) is 12.4 Å². The van der Waals surface area contributed by atoms with Crippen molar-refractivity contribution in [1.29, 1.82) is 0 Å². The summed E-state index contributed by atoms with van der Waals surface area (Å²) < 4.78 is 37.7. The summed E-state index contributed by atoms with van der Waals surface area (Å²) >= 11 is 0. The lowest BCUT2D eigenvalue weighted by atomic mass is 9.92. The van der Waals surface area contributed by atoms with Crippen molar-refractivity contribution < 1.29 is 17.9 Å². The lowest BCUT2D eigenvalue weighted by molar-refractivity contribution is 0.110. The van der Waals surface area contributed by atoms with Crippen LogP contribution in [0.3, 0.4) is 0 Å². The normalized spacial score (nSPS) is 17.7. The molecule has 0 bridgehead atoms. The predicted octanol–water partition coefficient (Wildman–Crippen LogP) is 2.27. The van der Waals surface area contributed by atoms with Crippen LogP contribution in [-0.4, -0.2) is 51.7 Å². The van der Waals surface area contributed by atoms with Crippen molar-refractivity contribution in [2.24, 2.45) is 11.7 Å². The van der Waals surface area contributed by atoms with Gasteiger partial charge in [-0.3, -0.25) is 0 Å². The maximum Gasteiger partial charge on any atom is 0.243 e. The molecule has 0 saturated carbocycles. The molecule has 1 atom stereocenters. The Morgan fingerprint density at radius 2 is 1.80 bits per heavy atom. The Labute approximate surface area is 157 Å². The topological polar surface area (TPSA) is 81.9 Å². The van der Waals surface area contributed by atoms with E-state index in [2.05, 4.69) is 0 Å². The number of nitrogens with zero attached hydrogens (tertiary/aromatic N) is 1. The molecule has 1 aromatic carbocycles. The predicted molar refractivity (Wildman–Crippen MR) is 101 cm³/mol. The average Bonchev–Trinajstić information content (AvgIpc) is 2.59. The zero-order valence-electron chi connectivity index (χ0n) is 14.9. The van der Waals surface area contributed by atoms with Crippen molar-refractivity contribution in [3.05, 3.63) is 24.3 Å². The number of sulfonamides is 1. The van der Waals surface area contributed by atoms with Gasteiger partial charge in [0.2, 0.25) is 10.0 Å². The fraction of sp³-hybridized carbons (Fsp3) is 0.647. The van der Waals surface area contributed by atoms with Crippen LogP contribution in [0.1, 0.15) is 26.7 Å². The highest BCUT2D eigenvalue weighted by Crippen LogP contribution is 2.26. The highest BCUT2D eigenvalue weighted by molar-refractivity contribution is 7.89. The number of halogens is 1. The number of hydrogen-bond donors (Lipinski definition) is 1. The molecule has 0 amide bonds. The van der Waals surface area contributed by atoms with E-state index in [-0.39, 0.29) is 18.4 Å². The van der Waals surface area contributed by atoms with E-state index in [1.54, 1.807) is 28.6 Å². The first-order chi connectivity index (χ1) is 11.4. The minimum absolute atomic E-state index is 0. The van der Waals surface area contributed by atoms with Gasteiger partial charge in [0.15, 0.2) is 0 Å². The molecule has 1 heterocycles. The van der Waals surface area contributed by atoms with Crippen molar-refractivity contribution in [1.82, 2.24) is 4.31 Å². The largest absolute Gasteiger partial charge is 0.491 e. The van der Waals surface area contributed by atoms with E-state index in [1.807, 2.05) is 13.8 Å². The van der Waals surface area contributed by atoms with Crippen molar-refractivity contribution in [3.63, 3.8) is 0 Å². The second-order valence-corrected chi connectivity index (χ2v) is 8.06. The van der Waals surface area contributed by atoms with Crippen molar-refractivity contribution in [2.75, 3.05) is 32.9 Å². The zero-order valence-corrected chi connectivity index (χ0v) is 16.5. The molecule has 1 saturated heterocycles. The third-order valence-corrected chi connectivity index (χ3v) is 6.32. The number of benzene rings is 1. The standard InChI is InChI=1S/C17H28N2O4S.ClH/c1-3-22-12-13-23-16-4-6-17(7-5-16)24(20,21)19-10-8-15(9-11-19)14(2)18;/h4-7,14-15H,3,8-13,18H2,1-2H3;1H. The van der Waals surface area contributed by atoms with Gasteiger partial charge in [-0.25, -0.2) is 8.42 Å². The second-order valence-electron chi connectivity index (χ2n) is 6.12. The van der Waals surface area contributed by atoms with Gasteiger partial charge < -0.3 is 15.2 Å². The van der Waals surface area contributed by atoms with Crippen LogP contribution >= 0.6 is 12.4 Å². The molecule has 25 heavy (non-hydrogen) atoms. The van der Waals surface area contributed by atoms with Gasteiger partial charge in [0, 0.05) is 25.7 Å². The summed E-state index contributed by atoms with van der Waals surface area (Å²) in [7, 11) is -3.44. The second kappa shape index (κ2) is 10.3. The molecule has 6 nitrogen and oxygen atoms in total. The van der Waals surface area contributed by atoms with Crippen LogP contribution in [0.15, 0.2) is 29.2 Å². The molecule has 0 radical (unpaired) electrons. The minimum Gasteiger partial charge on any atom is -0.491 e. The smallest absolute Gasteiger partial charge is 0.243 e. The van der Waals surface area contributed by atoms with E-state index >= 15 is 0 Å². The molecular weight excluding hydrogens is 364 g/mol. The van der Waals surface area contributed by atoms with Gasteiger partial charge in [0.05, 0.1) is 11.5 Å². The van der Waals surface area contributed by atoms with Crippen LogP contribution in [-0.2, 0) is 14.8 Å².